The lowest BCUT2D eigenvalue weighted by molar-refractivity contribution is 0.0787. The number of aromatic nitrogens is 1. The van der Waals surface area contributed by atoms with Gasteiger partial charge in [0.1, 0.15) is 11.6 Å². The predicted octanol–water partition coefficient (Wildman–Crippen LogP) is 5.16. The second kappa shape index (κ2) is 7.91. The Bertz CT molecular complexity index is 1040. The van der Waals surface area contributed by atoms with E-state index in [0.717, 1.165) is 16.9 Å². The molecule has 0 fully saturated rings. The molecule has 2 heterocycles. The molecule has 0 saturated carbocycles. The summed E-state index contributed by atoms with van der Waals surface area (Å²) in [5, 5.41) is 3.41. The summed E-state index contributed by atoms with van der Waals surface area (Å²) in [5.74, 6) is 1.14. The lowest BCUT2D eigenvalue weighted by atomic mass is 10.1. The van der Waals surface area contributed by atoms with E-state index in [1.165, 1.54) is 6.07 Å². The number of para-hydroxylation sites is 1. The van der Waals surface area contributed by atoms with Gasteiger partial charge in [0.05, 0.1) is 6.54 Å². The summed E-state index contributed by atoms with van der Waals surface area (Å²) in [7, 11) is 0. The Kier molecular flexibility index (Phi) is 5.16. The van der Waals surface area contributed by atoms with Gasteiger partial charge in [0.15, 0.2) is 11.6 Å². The minimum absolute atomic E-state index is 0.0257. The van der Waals surface area contributed by atoms with E-state index in [9.17, 15) is 9.18 Å². The zero-order valence-electron chi connectivity index (χ0n) is 16.4. The van der Waals surface area contributed by atoms with Crippen LogP contribution in [0.25, 0.3) is 0 Å². The van der Waals surface area contributed by atoms with Gasteiger partial charge in [0.25, 0.3) is 5.91 Å². The maximum atomic E-state index is 13.7. The number of amides is 1. The largest absolute Gasteiger partial charge is 0.454 e. The highest BCUT2D eigenvalue weighted by atomic mass is 19.1. The summed E-state index contributed by atoms with van der Waals surface area (Å²) in [6.07, 6.45) is 1.66. The molecule has 5 nitrogen and oxygen atoms in total. The molecule has 1 unspecified atom stereocenters. The van der Waals surface area contributed by atoms with Crippen LogP contribution < -0.4 is 10.1 Å². The van der Waals surface area contributed by atoms with Gasteiger partial charge in [0, 0.05) is 29.9 Å². The molecule has 148 valence electrons. The topological polar surface area (TPSA) is 54.5 Å². The van der Waals surface area contributed by atoms with Crippen LogP contribution in [0, 0.1) is 5.82 Å². The minimum atomic E-state index is -0.397. The third-order valence-electron chi connectivity index (χ3n) is 5.10. The monoisotopic (exact) mass is 391 g/mol. The molecule has 1 amide bonds. The summed E-state index contributed by atoms with van der Waals surface area (Å²) >= 11 is 0. The Labute approximate surface area is 169 Å². The van der Waals surface area contributed by atoms with Crippen molar-refractivity contribution in [2.75, 3.05) is 11.9 Å². The van der Waals surface area contributed by atoms with Gasteiger partial charge in [-0.3, -0.25) is 4.79 Å². The van der Waals surface area contributed by atoms with Crippen LogP contribution in [0.3, 0.4) is 0 Å². The van der Waals surface area contributed by atoms with Crippen LogP contribution in [0.5, 0.6) is 11.5 Å². The van der Waals surface area contributed by atoms with Crippen LogP contribution in [0.15, 0.2) is 60.8 Å². The number of ether oxygens (including phenoxy) is 1. The van der Waals surface area contributed by atoms with Crippen LogP contribution >= 0.6 is 0 Å². The summed E-state index contributed by atoms with van der Waals surface area (Å²) in [6, 6.07) is 15.5. The fourth-order valence-electron chi connectivity index (χ4n) is 3.43. The first-order valence-electron chi connectivity index (χ1n) is 9.63. The molecule has 29 heavy (non-hydrogen) atoms. The zero-order valence-corrected chi connectivity index (χ0v) is 16.4. The van der Waals surface area contributed by atoms with Gasteiger partial charge < -0.3 is 15.0 Å². The molecule has 0 aliphatic carbocycles. The van der Waals surface area contributed by atoms with Gasteiger partial charge in [-0.05, 0) is 49.7 Å². The molecule has 1 aromatic heterocycles. The molecule has 1 N–H and O–H groups in total. The van der Waals surface area contributed by atoms with Crippen molar-refractivity contribution in [3.8, 4) is 11.5 Å². The average molecular weight is 391 g/mol. The first kappa shape index (κ1) is 18.9. The molecule has 2 aromatic carbocycles. The number of anilines is 1. The number of nitrogens with zero attached hydrogens (tertiary/aromatic N) is 2. The second-order valence-electron chi connectivity index (χ2n) is 6.97. The van der Waals surface area contributed by atoms with Crippen molar-refractivity contribution in [3.63, 3.8) is 0 Å². The molecule has 1 aliphatic rings. The molecule has 3 aromatic rings. The van der Waals surface area contributed by atoms with Crippen LogP contribution in [0.1, 0.15) is 41.4 Å². The number of halogens is 1. The van der Waals surface area contributed by atoms with Gasteiger partial charge in [-0.2, -0.15) is 0 Å². The number of hydrogen-bond acceptors (Lipinski definition) is 4. The molecule has 1 atom stereocenters. The quantitative estimate of drug-likeness (QED) is 0.630. The highest BCUT2D eigenvalue weighted by Crippen LogP contribution is 2.31. The van der Waals surface area contributed by atoms with Gasteiger partial charge in [-0.25, -0.2) is 9.37 Å². The number of carbonyl (C=O) groups is 1. The number of nitrogens with one attached hydrogen (secondary N) is 1. The van der Waals surface area contributed by atoms with Crippen molar-refractivity contribution in [2.45, 2.75) is 26.4 Å². The minimum Gasteiger partial charge on any atom is -0.454 e. The standard InChI is InChI=1S/C23H22FN3O2/c1-3-27-14-19-18(23(27)28)12-13-25-22(19)26-15(2)16-8-10-17(11-9-16)29-21-7-5-4-6-20(21)24/h4-13,15H,3,14H2,1-2H3,(H,25,26). The van der Waals surface area contributed by atoms with Crippen LogP contribution in [0.2, 0.25) is 0 Å². The lowest BCUT2D eigenvalue weighted by Crippen LogP contribution is -2.22. The molecule has 0 spiro atoms. The SMILES string of the molecule is CCN1Cc2c(ccnc2NC(C)c2ccc(Oc3ccccc3F)cc2)C1=O. The van der Waals surface area contributed by atoms with Gasteiger partial charge >= 0.3 is 0 Å². The molecule has 0 bridgehead atoms. The van der Waals surface area contributed by atoms with Crippen molar-refractivity contribution < 1.29 is 13.9 Å². The van der Waals surface area contributed by atoms with Gasteiger partial charge in [-0.1, -0.05) is 24.3 Å². The third kappa shape index (κ3) is 3.78. The highest BCUT2D eigenvalue weighted by molar-refractivity contribution is 5.99. The molecule has 0 radical (unpaired) electrons. The van der Waals surface area contributed by atoms with E-state index in [2.05, 4.69) is 10.3 Å². The van der Waals surface area contributed by atoms with Crippen molar-refractivity contribution in [1.29, 1.82) is 0 Å². The maximum Gasteiger partial charge on any atom is 0.254 e. The van der Waals surface area contributed by atoms with Crippen LogP contribution in [0.4, 0.5) is 10.2 Å². The fourth-order valence-corrected chi connectivity index (χ4v) is 3.43. The second-order valence-corrected chi connectivity index (χ2v) is 6.97. The summed E-state index contributed by atoms with van der Waals surface area (Å²) < 4.78 is 19.4. The van der Waals surface area contributed by atoms with Crippen LogP contribution in [-0.2, 0) is 6.54 Å². The Morgan fingerprint density at radius 3 is 2.66 bits per heavy atom. The Hall–Kier alpha value is -3.41. The van der Waals surface area contributed by atoms with E-state index < -0.39 is 5.82 Å². The van der Waals surface area contributed by atoms with E-state index in [1.807, 2.05) is 38.1 Å². The number of fused-ring (bicyclic) bond motifs is 1. The number of pyridine rings is 1. The van der Waals surface area contributed by atoms with E-state index in [-0.39, 0.29) is 17.7 Å². The van der Waals surface area contributed by atoms with E-state index in [0.29, 0.717) is 24.4 Å². The van der Waals surface area contributed by atoms with E-state index in [4.69, 9.17) is 4.74 Å². The maximum absolute atomic E-state index is 13.7. The fraction of sp³-hybridized carbons (Fsp3) is 0.217. The molecule has 1 aliphatic heterocycles. The Balaban J connectivity index is 1.48. The van der Waals surface area contributed by atoms with Crippen molar-refractivity contribution in [1.82, 2.24) is 9.88 Å². The predicted molar refractivity (Wildman–Crippen MR) is 110 cm³/mol. The molecule has 4 rings (SSSR count). The normalized spacial score (nSPS) is 13.9. The molecule has 0 saturated heterocycles. The van der Waals surface area contributed by atoms with Gasteiger partial charge in [0.2, 0.25) is 0 Å². The number of rotatable bonds is 6. The number of hydrogen-bond donors (Lipinski definition) is 1. The number of carbonyl (C=O) groups excluding carboxylic acids is 1. The first-order chi connectivity index (χ1) is 14.1. The van der Waals surface area contributed by atoms with Crippen molar-refractivity contribution in [2.24, 2.45) is 0 Å². The first-order valence-corrected chi connectivity index (χ1v) is 9.63. The zero-order chi connectivity index (χ0) is 20.4. The lowest BCUT2D eigenvalue weighted by Gasteiger charge is -2.18. The summed E-state index contributed by atoms with van der Waals surface area (Å²) in [5.41, 5.74) is 2.68. The summed E-state index contributed by atoms with van der Waals surface area (Å²) in [6.45, 7) is 5.25. The smallest absolute Gasteiger partial charge is 0.254 e. The number of benzene rings is 2. The van der Waals surface area contributed by atoms with Crippen LogP contribution in [-0.4, -0.2) is 22.3 Å². The molecular weight excluding hydrogens is 369 g/mol. The Morgan fingerprint density at radius 1 is 1.17 bits per heavy atom. The van der Waals surface area contributed by atoms with E-state index >= 15 is 0 Å². The highest BCUT2D eigenvalue weighted by Gasteiger charge is 2.29. The molecule has 6 heteroatoms. The third-order valence-corrected chi connectivity index (χ3v) is 5.10. The van der Waals surface area contributed by atoms with Gasteiger partial charge in [-0.15, -0.1) is 0 Å². The van der Waals surface area contributed by atoms with E-state index in [1.54, 1.807) is 35.4 Å². The van der Waals surface area contributed by atoms with Crippen molar-refractivity contribution in [3.05, 3.63) is 83.3 Å². The van der Waals surface area contributed by atoms with Crippen molar-refractivity contribution >= 4 is 11.7 Å². The Morgan fingerprint density at radius 2 is 1.93 bits per heavy atom. The average Bonchev–Trinajstić information content (AvgIpc) is 3.07. The summed E-state index contributed by atoms with van der Waals surface area (Å²) in [4.78, 5) is 18.6. The molecular formula is C23H22FN3O2.